The van der Waals surface area contributed by atoms with Crippen LogP contribution in [-0.2, 0) is 11.2 Å². The number of carbonyl (C=O) groups excluding carboxylic acids is 1. The van der Waals surface area contributed by atoms with Gasteiger partial charge in [-0.15, -0.1) is 0 Å². The highest BCUT2D eigenvalue weighted by atomic mass is 16.5. The maximum atomic E-state index is 11.7. The fraction of sp³-hybridized carbons (Fsp3) is 0.375. The molecule has 1 heterocycles. The van der Waals surface area contributed by atoms with Gasteiger partial charge in [-0.05, 0) is 12.5 Å². The number of aromatic nitrogens is 2. The first kappa shape index (κ1) is 16.7. The number of nitrogens with zero attached hydrogens (tertiary/aromatic N) is 1. The molecule has 23 heavy (non-hydrogen) atoms. The van der Waals surface area contributed by atoms with Crippen LogP contribution in [0.25, 0.3) is 0 Å². The summed E-state index contributed by atoms with van der Waals surface area (Å²) in [6, 6.07) is 7.43. The highest BCUT2D eigenvalue weighted by Gasteiger charge is 2.04. The van der Waals surface area contributed by atoms with Crippen molar-refractivity contribution in [3.05, 3.63) is 36.2 Å². The van der Waals surface area contributed by atoms with E-state index in [4.69, 9.17) is 9.47 Å². The maximum absolute atomic E-state index is 11.7. The molecule has 0 fully saturated rings. The smallest absolute Gasteiger partial charge is 0.220 e. The van der Waals surface area contributed by atoms with Crippen LogP contribution in [0, 0.1) is 0 Å². The van der Waals surface area contributed by atoms with E-state index in [0.29, 0.717) is 25.9 Å². The molecule has 0 saturated heterocycles. The van der Waals surface area contributed by atoms with Gasteiger partial charge in [0, 0.05) is 55.3 Å². The Morgan fingerprint density at radius 1 is 1.17 bits per heavy atom. The van der Waals surface area contributed by atoms with Gasteiger partial charge in [-0.25, -0.2) is 0 Å². The number of nitrogens with one attached hydrogen (secondary N) is 3. The van der Waals surface area contributed by atoms with E-state index >= 15 is 0 Å². The molecule has 0 aliphatic rings. The van der Waals surface area contributed by atoms with E-state index in [1.165, 1.54) is 0 Å². The zero-order valence-corrected chi connectivity index (χ0v) is 13.4. The Hall–Kier alpha value is -2.70. The van der Waals surface area contributed by atoms with Crippen LogP contribution in [0.5, 0.6) is 11.5 Å². The number of ether oxygens (including phenoxy) is 2. The van der Waals surface area contributed by atoms with Crippen LogP contribution in [0.1, 0.15) is 12.1 Å². The summed E-state index contributed by atoms with van der Waals surface area (Å²) >= 11 is 0. The van der Waals surface area contributed by atoms with Crippen molar-refractivity contribution >= 4 is 11.6 Å². The standard InChI is InChI=1S/C16H22N4O3/c1-22-14-9-13(10-15(11-14)23-2)17-7-8-18-16(21)4-3-12-5-6-19-20-12/h5-6,9-11,17H,3-4,7-8H2,1-2H3,(H,18,21)(H,19,20). The minimum atomic E-state index is 0.0182. The fourth-order valence-corrected chi connectivity index (χ4v) is 2.08. The number of H-pyrrole nitrogens is 1. The quantitative estimate of drug-likeness (QED) is 0.611. The summed E-state index contributed by atoms with van der Waals surface area (Å²) in [6.45, 7) is 1.16. The summed E-state index contributed by atoms with van der Waals surface area (Å²) in [5, 5.41) is 12.8. The number of amides is 1. The van der Waals surface area contributed by atoms with Crippen molar-refractivity contribution in [3.63, 3.8) is 0 Å². The van der Waals surface area contributed by atoms with E-state index in [1.54, 1.807) is 20.4 Å². The largest absolute Gasteiger partial charge is 0.497 e. The molecular formula is C16H22N4O3. The summed E-state index contributed by atoms with van der Waals surface area (Å²) in [5.74, 6) is 1.45. The predicted molar refractivity (Wildman–Crippen MR) is 88.0 cm³/mol. The molecule has 124 valence electrons. The molecule has 0 aliphatic heterocycles. The molecule has 2 aromatic rings. The molecule has 7 heteroatoms. The van der Waals surface area contributed by atoms with E-state index in [9.17, 15) is 4.79 Å². The van der Waals surface area contributed by atoms with Gasteiger partial charge in [0.2, 0.25) is 5.91 Å². The zero-order valence-electron chi connectivity index (χ0n) is 13.4. The van der Waals surface area contributed by atoms with Crippen LogP contribution in [0.15, 0.2) is 30.5 Å². The van der Waals surface area contributed by atoms with Gasteiger partial charge in [0.15, 0.2) is 0 Å². The first-order valence-corrected chi connectivity index (χ1v) is 7.43. The average Bonchev–Trinajstić information content (AvgIpc) is 3.10. The summed E-state index contributed by atoms with van der Waals surface area (Å²) in [7, 11) is 3.22. The monoisotopic (exact) mass is 318 g/mol. The van der Waals surface area contributed by atoms with Gasteiger partial charge >= 0.3 is 0 Å². The molecule has 7 nitrogen and oxygen atoms in total. The fourth-order valence-electron chi connectivity index (χ4n) is 2.08. The van der Waals surface area contributed by atoms with Crippen LogP contribution in [0.4, 0.5) is 5.69 Å². The van der Waals surface area contributed by atoms with Crippen molar-refractivity contribution in [1.29, 1.82) is 0 Å². The van der Waals surface area contributed by atoms with E-state index in [2.05, 4.69) is 20.8 Å². The lowest BCUT2D eigenvalue weighted by atomic mass is 10.2. The Bertz CT molecular complexity index is 592. The summed E-state index contributed by atoms with van der Waals surface area (Å²) in [4.78, 5) is 11.7. The Morgan fingerprint density at radius 3 is 2.52 bits per heavy atom. The molecule has 1 aromatic heterocycles. The Kier molecular flexibility index (Phi) is 6.28. The lowest BCUT2D eigenvalue weighted by Crippen LogP contribution is -2.28. The van der Waals surface area contributed by atoms with Gasteiger partial charge in [-0.1, -0.05) is 0 Å². The lowest BCUT2D eigenvalue weighted by molar-refractivity contribution is -0.120. The second-order valence-electron chi connectivity index (χ2n) is 4.96. The summed E-state index contributed by atoms with van der Waals surface area (Å²) < 4.78 is 10.4. The number of aromatic amines is 1. The van der Waals surface area contributed by atoms with Crippen molar-refractivity contribution < 1.29 is 14.3 Å². The topological polar surface area (TPSA) is 88.3 Å². The molecule has 0 atom stereocenters. The molecule has 3 N–H and O–H groups in total. The van der Waals surface area contributed by atoms with Crippen LogP contribution in [0.3, 0.4) is 0 Å². The van der Waals surface area contributed by atoms with Gasteiger partial charge in [0.05, 0.1) is 14.2 Å². The molecule has 1 aromatic carbocycles. The minimum absolute atomic E-state index is 0.0182. The van der Waals surface area contributed by atoms with Crippen molar-refractivity contribution in [1.82, 2.24) is 15.5 Å². The third-order valence-electron chi connectivity index (χ3n) is 3.31. The second kappa shape index (κ2) is 8.67. The minimum Gasteiger partial charge on any atom is -0.497 e. The number of carbonyl (C=O) groups is 1. The molecule has 2 rings (SSSR count). The molecule has 0 saturated carbocycles. The first-order chi connectivity index (χ1) is 11.2. The Labute approximate surface area is 135 Å². The van der Waals surface area contributed by atoms with Gasteiger partial charge in [0.25, 0.3) is 0 Å². The normalized spacial score (nSPS) is 10.2. The molecule has 0 radical (unpaired) electrons. The molecular weight excluding hydrogens is 296 g/mol. The molecule has 0 bridgehead atoms. The third kappa shape index (κ3) is 5.54. The number of benzene rings is 1. The third-order valence-corrected chi connectivity index (χ3v) is 3.31. The van der Waals surface area contributed by atoms with Crippen LogP contribution in [0.2, 0.25) is 0 Å². The number of hydrogen-bond acceptors (Lipinski definition) is 5. The Morgan fingerprint density at radius 2 is 1.91 bits per heavy atom. The molecule has 0 aliphatic carbocycles. The van der Waals surface area contributed by atoms with Crippen LogP contribution < -0.4 is 20.1 Å². The van der Waals surface area contributed by atoms with Gasteiger partial charge < -0.3 is 20.1 Å². The van der Waals surface area contributed by atoms with Crippen molar-refractivity contribution in [2.75, 3.05) is 32.6 Å². The lowest BCUT2D eigenvalue weighted by Gasteiger charge is -2.11. The van der Waals surface area contributed by atoms with Gasteiger partial charge in [0.1, 0.15) is 11.5 Å². The van der Waals surface area contributed by atoms with Crippen LogP contribution >= 0.6 is 0 Å². The number of hydrogen-bond donors (Lipinski definition) is 3. The number of methoxy groups -OCH3 is 2. The predicted octanol–water partition coefficient (Wildman–Crippen LogP) is 1.59. The maximum Gasteiger partial charge on any atom is 0.220 e. The molecule has 0 spiro atoms. The van der Waals surface area contributed by atoms with Gasteiger partial charge in [-0.2, -0.15) is 5.10 Å². The first-order valence-electron chi connectivity index (χ1n) is 7.43. The average molecular weight is 318 g/mol. The zero-order chi connectivity index (χ0) is 16.5. The van der Waals surface area contributed by atoms with Crippen molar-refractivity contribution in [3.8, 4) is 11.5 Å². The van der Waals surface area contributed by atoms with Crippen LogP contribution in [-0.4, -0.2) is 43.4 Å². The van der Waals surface area contributed by atoms with E-state index in [1.807, 2.05) is 24.3 Å². The summed E-state index contributed by atoms with van der Waals surface area (Å²) in [6.07, 6.45) is 2.78. The van der Waals surface area contributed by atoms with Gasteiger partial charge in [-0.3, -0.25) is 9.89 Å². The van der Waals surface area contributed by atoms with E-state index in [0.717, 1.165) is 22.9 Å². The van der Waals surface area contributed by atoms with Crippen molar-refractivity contribution in [2.45, 2.75) is 12.8 Å². The highest BCUT2D eigenvalue weighted by molar-refractivity contribution is 5.76. The van der Waals surface area contributed by atoms with Crippen molar-refractivity contribution in [2.24, 2.45) is 0 Å². The molecule has 0 unspecified atom stereocenters. The number of rotatable bonds is 9. The number of aryl methyl sites for hydroxylation is 1. The second-order valence-corrected chi connectivity index (χ2v) is 4.96. The summed E-state index contributed by atoms with van der Waals surface area (Å²) in [5.41, 5.74) is 1.84. The Balaban J connectivity index is 1.69. The number of anilines is 1. The van der Waals surface area contributed by atoms with E-state index < -0.39 is 0 Å². The van der Waals surface area contributed by atoms with E-state index in [-0.39, 0.29) is 5.91 Å². The molecule has 1 amide bonds. The SMILES string of the molecule is COc1cc(NCCNC(=O)CCc2ccn[nH]2)cc(OC)c1. The highest BCUT2D eigenvalue weighted by Crippen LogP contribution is 2.25.